The molecule has 0 radical (unpaired) electrons. The SMILES string of the molecule is CCCO[Si](OCCC)(OCCC)ON(N)C(C)C. The van der Waals surface area contributed by atoms with Gasteiger partial charge in [0.05, 0.1) is 0 Å². The van der Waals surface area contributed by atoms with Crippen molar-refractivity contribution in [1.29, 1.82) is 0 Å². The summed E-state index contributed by atoms with van der Waals surface area (Å²) in [5.74, 6) is 5.82. The standard InChI is InChI=1S/C12H30N2O4Si/c1-6-9-15-19(16-10-7-2,17-11-8-3)18-14(13)12(4)5/h12H,6-11,13H2,1-5H3. The maximum atomic E-state index is 5.82. The van der Waals surface area contributed by atoms with Crippen molar-refractivity contribution in [2.45, 2.75) is 59.9 Å². The second-order valence-corrected chi connectivity index (χ2v) is 6.64. The first-order valence-corrected chi connectivity index (χ1v) is 8.79. The van der Waals surface area contributed by atoms with E-state index in [1.165, 1.54) is 5.17 Å². The monoisotopic (exact) mass is 294 g/mol. The Balaban J connectivity index is 4.75. The van der Waals surface area contributed by atoms with Crippen molar-refractivity contribution < 1.29 is 17.8 Å². The summed E-state index contributed by atoms with van der Waals surface area (Å²) >= 11 is 0. The van der Waals surface area contributed by atoms with Gasteiger partial charge in [-0.05, 0) is 33.1 Å². The molecule has 0 aromatic heterocycles. The Labute approximate surface area is 118 Å². The Morgan fingerprint density at radius 1 is 0.895 bits per heavy atom. The topological polar surface area (TPSA) is 66.2 Å². The lowest BCUT2D eigenvalue weighted by Gasteiger charge is -2.32. The van der Waals surface area contributed by atoms with E-state index in [2.05, 4.69) is 0 Å². The van der Waals surface area contributed by atoms with Gasteiger partial charge < -0.3 is 13.3 Å². The Hall–Kier alpha value is -0.0231. The molecule has 0 unspecified atom stereocenters. The lowest BCUT2D eigenvalue weighted by atomic mass is 10.4. The predicted molar refractivity (Wildman–Crippen MR) is 76.7 cm³/mol. The van der Waals surface area contributed by atoms with E-state index < -0.39 is 9.05 Å². The van der Waals surface area contributed by atoms with Crippen molar-refractivity contribution in [2.75, 3.05) is 19.8 Å². The van der Waals surface area contributed by atoms with Crippen LogP contribution in [0.4, 0.5) is 0 Å². The maximum absolute atomic E-state index is 5.82. The first-order chi connectivity index (χ1) is 9.01. The second-order valence-electron chi connectivity index (χ2n) is 4.59. The molecule has 0 rings (SSSR count). The number of rotatable bonds is 12. The summed E-state index contributed by atoms with van der Waals surface area (Å²) in [6, 6.07) is 0.0209. The quantitative estimate of drug-likeness (QED) is 0.338. The molecule has 0 aliphatic carbocycles. The van der Waals surface area contributed by atoms with Gasteiger partial charge in [0.1, 0.15) is 0 Å². The summed E-state index contributed by atoms with van der Waals surface area (Å²) in [5, 5.41) is 1.26. The molecule has 0 aliphatic rings. The van der Waals surface area contributed by atoms with Gasteiger partial charge in [-0.3, -0.25) is 0 Å². The van der Waals surface area contributed by atoms with E-state index >= 15 is 0 Å². The molecule has 2 N–H and O–H groups in total. The predicted octanol–water partition coefficient (Wildman–Crippen LogP) is 2.22. The number of hydrogen-bond acceptors (Lipinski definition) is 6. The van der Waals surface area contributed by atoms with Gasteiger partial charge in [0, 0.05) is 25.9 Å². The Morgan fingerprint density at radius 3 is 1.53 bits per heavy atom. The van der Waals surface area contributed by atoms with Crippen molar-refractivity contribution >= 4 is 9.05 Å². The molecule has 0 saturated heterocycles. The molecule has 0 aliphatic heterocycles. The molecule has 0 fully saturated rings. The minimum atomic E-state index is -3.18. The molecule has 0 spiro atoms. The first-order valence-electron chi connectivity index (χ1n) is 7.16. The van der Waals surface area contributed by atoms with Gasteiger partial charge in [-0.15, -0.1) is 5.17 Å². The van der Waals surface area contributed by atoms with Crippen LogP contribution in [0.15, 0.2) is 0 Å². The molecule has 0 bridgehead atoms. The average Bonchev–Trinajstić information content (AvgIpc) is 2.40. The number of hydrazine groups is 1. The second kappa shape index (κ2) is 10.7. The number of hydroxylamine groups is 1. The van der Waals surface area contributed by atoms with E-state index in [9.17, 15) is 0 Å². The molecule has 116 valence electrons. The lowest BCUT2D eigenvalue weighted by Crippen LogP contribution is -2.57. The summed E-state index contributed by atoms with van der Waals surface area (Å²) in [7, 11) is -3.18. The molecule has 0 saturated carbocycles. The van der Waals surface area contributed by atoms with Crippen molar-refractivity contribution in [3.05, 3.63) is 0 Å². The van der Waals surface area contributed by atoms with Crippen molar-refractivity contribution in [3.63, 3.8) is 0 Å². The molecule has 0 atom stereocenters. The minimum absolute atomic E-state index is 0.0209. The van der Waals surface area contributed by atoms with Crippen LogP contribution >= 0.6 is 0 Å². The van der Waals surface area contributed by atoms with E-state index in [-0.39, 0.29) is 6.04 Å². The highest BCUT2D eigenvalue weighted by Gasteiger charge is 2.48. The zero-order valence-corrected chi connectivity index (χ0v) is 14.0. The molecular formula is C12H30N2O4Si. The molecule has 0 heterocycles. The molecule has 0 amide bonds. The highest BCUT2D eigenvalue weighted by Crippen LogP contribution is 2.15. The summed E-state index contributed by atoms with van der Waals surface area (Å²) in [5.41, 5.74) is 0. The third-order valence-electron chi connectivity index (χ3n) is 2.18. The molecule has 0 aromatic carbocycles. The fraction of sp³-hybridized carbons (Fsp3) is 1.00. The summed E-state index contributed by atoms with van der Waals surface area (Å²) < 4.78 is 23.0. The molecule has 0 aromatic rings. The van der Waals surface area contributed by atoms with Crippen LogP contribution in [0.25, 0.3) is 0 Å². The largest absolute Gasteiger partial charge is 0.698 e. The van der Waals surface area contributed by atoms with Gasteiger partial charge in [-0.2, -0.15) is 0 Å². The third-order valence-corrected chi connectivity index (χ3v) is 4.28. The van der Waals surface area contributed by atoms with Crippen LogP contribution in [0, 0.1) is 0 Å². The Kier molecular flexibility index (Phi) is 10.7. The fourth-order valence-electron chi connectivity index (χ4n) is 1.12. The van der Waals surface area contributed by atoms with Gasteiger partial charge in [0.25, 0.3) is 0 Å². The van der Waals surface area contributed by atoms with E-state index in [1.54, 1.807) is 0 Å². The van der Waals surface area contributed by atoms with E-state index in [0.29, 0.717) is 19.8 Å². The van der Waals surface area contributed by atoms with E-state index in [4.69, 9.17) is 23.6 Å². The highest BCUT2D eigenvalue weighted by atomic mass is 28.4. The number of nitrogens with two attached hydrogens (primary N) is 1. The van der Waals surface area contributed by atoms with Crippen molar-refractivity contribution in [2.24, 2.45) is 5.84 Å². The average molecular weight is 294 g/mol. The van der Waals surface area contributed by atoms with Crippen LogP contribution in [0.5, 0.6) is 0 Å². The normalized spacial score (nSPS) is 12.6. The van der Waals surface area contributed by atoms with Crippen LogP contribution in [0.3, 0.4) is 0 Å². The molecular weight excluding hydrogens is 264 g/mol. The molecule has 7 heteroatoms. The lowest BCUT2D eigenvalue weighted by molar-refractivity contribution is -0.183. The van der Waals surface area contributed by atoms with E-state index in [1.807, 2.05) is 34.6 Å². The summed E-state index contributed by atoms with van der Waals surface area (Å²) in [6.45, 7) is 11.5. The molecule has 19 heavy (non-hydrogen) atoms. The van der Waals surface area contributed by atoms with Crippen LogP contribution in [-0.4, -0.2) is 40.1 Å². The Bertz CT molecular complexity index is 198. The van der Waals surface area contributed by atoms with Gasteiger partial charge in [0.2, 0.25) is 0 Å². The Morgan fingerprint density at radius 2 is 1.26 bits per heavy atom. The maximum Gasteiger partial charge on any atom is 0.698 e. The van der Waals surface area contributed by atoms with Crippen LogP contribution in [0.2, 0.25) is 0 Å². The summed E-state index contributed by atoms with van der Waals surface area (Å²) in [4.78, 5) is 0. The zero-order chi connectivity index (χ0) is 14.7. The van der Waals surface area contributed by atoms with Gasteiger partial charge in [-0.1, -0.05) is 20.8 Å². The minimum Gasteiger partial charge on any atom is -0.350 e. The van der Waals surface area contributed by atoms with Gasteiger partial charge >= 0.3 is 9.05 Å². The number of nitrogens with zero attached hydrogens (tertiary/aromatic N) is 1. The van der Waals surface area contributed by atoms with Gasteiger partial charge in [-0.25, -0.2) is 10.4 Å². The molecule has 6 nitrogen and oxygen atoms in total. The van der Waals surface area contributed by atoms with Crippen molar-refractivity contribution in [3.8, 4) is 0 Å². The highest BCUT2D eigenvalue weighted by molar-refractivity contribution is 6.53. The number of hydrogen-bond donors (Lipinski definition) is 1. The smallest absolute Gasteiger partial charge is 0.350 e. The fourth-order valence-corrected chi connectivity index (χ4v) is 3.36. The van der Waals surface area contributed by atoms with Crippen LogP contribution < -0.4 is 5.84 Å². The first kappa shape index (κ1) is 19.0. The van der Waals surface area contributed by atoms with Crippen LogP contribution in [-0.2, 0) is 17.8 Å². The third kappa shape index (κ3) is 7.98. The van der Waals surface area contributed by atoms with Crippen molar-refractivity contribution in [1.82, 2.24) is 5.17 Å². The van der Waals surface area contributed by atoms with E-state index in [0.717, 1.165) is 19.3 Å². The summed E-state index contributed by atoms with van der Waals surface area (Å²) in [6.07, 6.45) is 2.61. The van der Waals surface area contributed by atoms with Gasteiger partial charge in [0.15, 0.2) is 0 Å². The van der Waals surface area contributed by atoms with Crippen LogP contribution in [0.1, 0.15) is 53.9 Å². The zero-order valence-electron chi connectivity index (χ0n) is 13.0.